The molecule has 0 spiro atoms. The van der Waals surface area contributed by atoms with Gasteiger partial charge in [-0.1, -0.05) is 24.0 Å². The highest BCUT2D eigenvalue weighted by Gasteiger charge is 2.33. The first-order valence-electron chi connectivity index (χ1n) is 11.4. The molecular formula is C29H20F3N5O. The van der Waals surface area contributed by atoms with Gasteiger partial charge in [-0.15, -0.1) is 0 Å². The highest BCUT2D eigenvalue weighted by molar-refractivity contribution is 5.90. The van der Waals surface area contributed by atoms with Crippen molar-refractivity contribution in [1.29, 1.82) is 5.26 Å². The van der Waals surface area contributed by atoms with Gasteiger partial charge in [0.05, 0.1) is 17.2 Å². The third-order valence-electron chi connectivity index (χ3n) is 5.48. The Kier molecular flexibility index (Phi) is 8.00. The molecule has 0 saturated carbocycles. The SMILES string of the molecule is N#Cc1cc(C#Cc2cc(NC(=O)NCCc3cccnc3)ccc2-c2ccncc2)ccc1C(F)(F)F. The molecule has 0 bridgehead atoms. The minimum absolute atomic E-state index is 0.252. The number of amides is 2. The number of pyridine rings is 2. The Labute approximate surface area is 217 Å². The van der Waals surface area contributed by atoms with E-state index in [4.69, 9.17) is 0 Å². The number of nitrogens with zero attached hydrogens (tertiary/aromatic N) is 3. The quantitative estimate of drug-likeness (QED) is 0.332. The van der Waals surface area contributed by atoms with E-state index in [1.807, 2.05) is 12.1 Å². The molecule has 2 heterocycles. The Balaban J connectivity index is 1.58. The number of hydrogen-bond donors (Lipinski definition) is 2. The smallest absolute Gasteiger partial charge is 0.338 e. The number of halogens is 3. The van der Waals surface area contributed by atoms with E-state index < -0.39 is 23.3 Å². The molecular weight excluding hydrogens is 491 g/mol. The van der Waals surface area contributed by atoms with Crippen LogP contribution in [0.15, 0.2) is 85.5 Å². The van der Waals surface area contributed by atoms with Gasteiger partial charge >= 0.3 is 12.2 Å². The normalized spacial score (nSPS) is 10.6. The predicted octanol–water partition coefficient (Wildman–Crippen LogP) is 5.80. The van der Waals surface area contributed by atoms with Crippen LogP contribution in [0, 0.1) is 23.2 Å². The van der Waals surface area contributed by atoms with E-state index in [9.17, 15) is 23.2 Å². The van der Waals surface area contributed by atoms with Gasteiger partial charge < -0.3 is 10.6 Å². The fraction of sp³-hybridized carbons (Fsp3) is 0.103. The average Bonchev–Trinajstić information content (AvgIpc) is 2.92. The number of carbonyl (C=O) groups excluding carboxylic acids is 1. The fourth-order valence-electron chi connectivity index (χ4n) is 3.65. The Morgan fingerprint density at radius 2 is 1.74 bits per heavy atom. The maximum Gasteiger partial charge on any atom is 0.417 e. The summed E-state index contributed by atoms with van der Waals surface area (Å²) < 4.78 is 39.4. The van der Waals surface area contributed by atoms with Crippen LogP contribution < -0.4 is 10.6 Å². The monoisotopic (exact) mass is 511 g/mol. The van der Waals surface area contributed by atoms with Crippen molar-refractivity contribution in [3.8, 4) is 29.0 Å². The topological polar surface area (TPSA) is 90.7 Å². The van der Waals surface area contributed by atoms with Crippen molar-refractivity contribution in [2.24, 2.45) is 0 Å². The maximum absolute atomic E-state index is 13.1. The van der Waals surface area contributed by atoms with Crippen LogP contribution in [0.1, 0.15) is 27.8 Å². The Morgan fingerprint density at radius 3 is 2.45 bits per heavy atom. The van der Waals surface area contributed by atoms with Crippen LogP contribution in [0.2, 0.25) is 0 Å². The van der Waals surface area contributed by atoms with Crippen LogP contribution in [-0.2, 0) is 12.6 Å². The molecule has 0 fully saturated rings. The molecule has 38 heavy (non-hydrogen) atoms. The summed E-state index contributed by atoms with van der Waals surface area (Å²) in [6, 6.07) is 16.9. The largest absolute Gasteiger partial charge is 0.417 e. The van der Waals surface area contributed by atoms with Gasteiger partial charge in [-0.05, 0) is 71.6 Å². The number of nitrogens with one attached hydrogen (secondary N) is 2. The highest BCUT2D eigenvalue weighted by Crippen LogP contribution is 2.32. The van der Waals surface area contributed by atoms with Crippen LogP contribution in [-0.4, -0.2) is 22.5 Å². The summed E-state index contributed by atoms with van der Waals surface area (Å²) in [5, 5.41) is 14.7. The minimum Gasteiger partial charge on any atom is -0.338 e. The molecule has 2 amide bonds. The maximum atomic E-state index is 13.1. The molecule has 2 aromatic heterocycles. The van der Waals surface area contributed by atoms with E-state index >= 15 is 0 Å². The van der Waals surface area contributed by atoms with Gasteiger partial charge in [-0.3, -0.25) is 9.97 Å². The molecule has 2 N–H and O–H groups in total. The third kappa shape index (κ3) is 6.74. The van der Waals surface area contributed by atoms with Crippen LogP contribution in [0.3, 0.4) is 0 Å². The average molecular weight is 512 g/mol. The minimum atomic E-state index is -4.63. The zero-order valence-electron chi connectivity index (χ0n) is 19.9. The molecule has 0 aliphatic heterocycles. The van der Waals surface area contributed by atoms with Crippen molar-refractivity contribution < 1.29 is 18.0 Å². The van der Waals surface area contributed by atoms with E-state index in [0.29, 0.717) is 24.2 Å². The van der Waals surface area contributed by atoms with E-state index in [2.05, 4.69) is 32.4 Å². The molecule has 9 heteroatoms. The van der Waals surface area contributed by atoms with Crippen LogP contribution in [0.25, 0.3) is 11.1 Å². The number of anilines is 1. The molecule has 0 atom stereocenters. The van der Waals surface area contributed by atoms with Gasteiger partial charge in [0, 0.05) is 48.1 Å². The van der Waals surface area contributed by atoms with Crippen LogP contribution in [0.4, 0.5) is 23.7 Å². The van der Waals surface area contributed by atoms with Crippen molar-refractivity contribution in [2.75, 3.05) is 11.9 Å². The second-order valence-electron chi connectivity index (χ2n) is 8.11. The number of carbonyl (C=O) groups is 1. The lowest BCUT2D eigenvalue weighted by Crippen LogP contribution is -2.30. The number of urea groups is 1. The second kappa shape index (κ2) is 11.7. The number of aromatic nitrogens is 2. The number of alkyl halides is 3. The van der Waals surface area contributed by atoms with E-state index in [1.54, 1.807) is 61.2 Å². The Bertz CT molecular complexity index is 1540. The highest BCUT2D eigenvalue weighted by atomic mass is 19.4. The van der Waals surface area contributed by atoms with Crippen molar-refractivity contribution in [1.82, 2.24) is 15.3 Å². The lowest BCUT2D eigenvalue weighted by molar-refractivity contribution is -0.137. The van der Waals surface area contributed by atoms with Crippen molar-refractivity contribution in [2.45, 2.75) is 12.6 Å². The van der Waals surface area contributed by atoms with Crippen LogP contribution >= 0.6 is 0 Å². The molecule has 0 aliphatic carbocycles. The first-order valence-corrected chi connectivity index (χ1v) is 11.4. The van der Waals surface area contributed by atoms with Gasteiger partial charge in [0.1, 0.15) is 0 Å². The molecule has 0 aliphatic rings. The summed E-state index contributed by atoms with van der Waals surface area (Å²) in [6.07, 6.45) is 2.66. The van der Waals surface area contributed by atoms with Crippen LogP contribution in [0.5, 0.6) is 0 Å². The summed E-state index contributed by atoms with van der Waals surface area (Å²) in [6.45, 7) is 0.411. The second-order valence-corrected chi connectivity index (χ2v) is 8.11. The summed E-state index contributed by atoms with van der Waals surface area (Å²) in [4.78, 5) is 20.5. The van der Waals surface area contributed by atoms with Gasteiger partial charge in [0.2, 0.25) is 0 Å². The molecule has 2 aromatic carbocycles. The Hall–Kier alpha value is -5.15. The number of benzene rings is 2. The summed E-state index contributed by atoms with van der Waals surface area (Å²) in [5.41, 5.74) is 2.31. The lowest BCUT2D eigenvalue weighted by Gasteiger charge is -2.11. The molecule has 4 aromatic rings. The summed E-state index contributed by atoms with van der Waals surface area (Å²) in [7, 11) is 0. The fourth-order valence-corrected chi connectivity index (χ4v) is 3.65. The zero-order valence-corrected chi connectivity index (χ0v) is 19.9. The molecule has 0 radical (unpaired) electrons. The zero-order chi connectivity index (χ0) is 27.0. The van der Waals surface area contributed by atoms with E-state index in [1.165, 1.54) is 6.07 Å². The summed E-state index contributed by atoms with van der Waals surface area (Å²) >= 11 is 0. The van der Waals surface area contributed by atoms with Gasteiger partial charge in [0.25, 0.3) is 0 Å². The third-order valence-corrected chi connectivity index (χ3v) is 5.48. The molecule has 6 nitrogen and oxygen atoms in total. The molecule has 4 rings (SSSR count). The first-order chi connectivity index (χ1) is 18.3. The van der Waals surface area contributed by atoms with Crippen molar-refractivity contribution >= 4 is 11.7 Å². The van der Waals surface area contributed by atoms with Crippen molar-refractivity contribution in [3.05, 3.63) is 113 Å². The predicted molar refractivity (Wildman–Crippen MR) is 137 cm³/mol. The first kappa shape index (κ1) is 25.9. The number of rotatable bonds is 5. The Morgan fingerprint density at radius 1 is 0.921 bits per heavy atom. The van der Waals surface area contributed by atoms with E-state index in [-0.39, 0.29) is 5.56 Å². The van der Waals surface area contributed by atoms with E-state index in [0.717, 1.165) is 28.8 Å². The molecule has 0 saturated heterocycles. The summed E-state index contributed by atoms with van der Waals surface area (Å²) in [5.74, 6) is 5.82. The number of nitriles is 1. The van der Waals surface area contributed by atoms with Gasteiger partial charge in [-0.2, -0.15) is 18.4 Å². The molecule has 0 unspecified atom stereocenters. The standard InChI is InChI=1S/C29H20F3N5O/c30-29(31,32)27-8-4-20(16-24(27)18-33)3-5-23-17-25(6-7-26(23)22-10-13-34-14-11-22)37-28(38)36-15-9-21-2-1-12-35-19-21/h1-2,4,6-8,10-14,16-17,19H,9,15H2,(H2,36,37,38). The van der Waals surface area contributed by atoms with Gasteiger partial charge in [0.15, 0.2) is 0 Å². The lowest BCUT2D eigenvalue weighted by atomic mass is 9.99. The number of hydrogen-bond acceptors (Lipinski definition) is 4. The van der Waals surface area contributed by atoms with Gasteiger partial charge in [-0.25, -0.2) is 4.79 Å². The molecule has 188 valence electrons. The van der Waals surface area contributed by atoms with Crippen molar-refractivity contribution in [3.63, 3.8) is 0 Å².